The molecular formula is C18H21F2N. The monoisotopic (exact) mass is 289 g/mol. The molecule has 0 heterocycles. The Morgan fingerprint density at radius 3 is 2.33 bits per heavy atom. The second kappa shape index (κ2) is 6.81. The van der Waals surface area contributed by atoms with Gasteiger partial charge < -0.3 is 5.32 Å². The molecule has 0 aliphatic heterocycles. The zero-order chi connectivity index (χ0) is 15.4. The number of hydrogen-bond acceptors (Lipinski definition) is 1. The van der Waals surface area contributed by atoms with Crippen molar-refractivity contribution < 1.29 is 8.78 Å². The molecule has 0 bridgehead atoms. The highest BCUT2D eigenvalue weighted by atomic mass is 19.2. The van der Waals surface area contributed by atoms with E-state index < -0.39 is 11.6 Å². The van der Waals surface area contributed by atoms with Crippen molar-refractivity contribution in [2.24, 2.45) is 0 Å². The molecule has 3 heteroatoms. The lowest BCUT2D eigenvalue weighted by atomic mass is 9.92. The summed E-state index contributed by atoms with van der Waals surface area (Å²) in [5.74, 6) is -1.52. The number of aryl methyl sites for hydroxylation is 2. The average molecular weight is 289 g/mol. The first-order valence-corrected chi connectivity index (χ1v) is 7.35. The molecule has 1 N–H and O–H groups in total. The molecule has 1 unspecified atom stereocenters. The van der Waals surface area contributed by atoms with Gasteiger partial charge in [0, 0.05) is 5.56 Å². The van der Waals surface area contributed by atoms with Gasteiger partial charge in [0.2, 0.25) is 0 Å². The Labute approximate surface area is 125 Å². The number of halogens is 2. The van der Waals surface area contributed by atoms with E-state index in [1.54, 1.807) is 19.1 Å². The van der Waals surface area contributed by atoms with Crippen molar-refractivity contribution >= 4 is 0 Å². The Bertz CT molecular complexity index is 623. The van der Waals surface area contributed by atoms with Crippen LogP contribution in [0, 0.1) is 18.6 Å². The molecule has 0 fully saturated rings. The second-order valence-electron chi connectivity index (χ2n) is 5.14. The first-order valence-electron chi connectivity index (χ1n) is 7.35. The summed E-state index contributed by atoms with van der Waals surface area (Å²) in [4.78, 5) is 0. The van der Waals surface area contributed by atoms with Crippen LogP contribution in [0.25, 0.3) is 0 Å². The van der Waals surface area contributed by atoms with Gasteiger partial charge in [0.25, 0.3) is 0 Å². The van der Waals surface area contributed by atoms with E-state index in [9.17, 15) is 8.78 Å². The summed E-state index contributed by atoms with van der Waals surface area (Å²) < 4.78 is 28.2. The number of rotatable bonds is 5. The fourth-order valence-corrected chi connectivity index (χ4v) is 2.61. The maximum atomic E-state index is 14.3. The van der Waals surface area contributed by atoms with E-state index in [-0.39, 0.29) is 6.04 Å². The predicted octanol–water partition coefficient (Wildman–Crippen LogP) is 4.53. The van der Waals surface area contributed by atoms with Crippen LogP contribution in [-0.4, -0.2) is 6.54 Å². The van der Waals surface area contributed by atoms with Gasteiger partial charge in [-0.2, -0.15) is 0 Å². The van der Waals surface area contributed by atoms with E-state index in [4.69, 9.17) is 0 Å². The molecule has 2 aromatic carbocycles. The summed E-state index contributed by atoms with van der Waals surface area (Å²) in [6, 6.07) is 10.9. The van der Waals surface area contributed by atoms with Gasteiger partial charge in [-0.3, -0.25) is 0 Å². The van der Waals surface area contributed by atoms with Crippen LogP contribution >= 0.6 is 0 Å². The lowest BCUT2D eigenvalue weighted by Gasteiger charge is -2.22. The Balaban J connectivity index is 2.56. The van der Waals surface area contributed by atoms with E-state index in [0.717, 1.165) is 17.5 Å². The minimum Gasteiger partial charge on any atom is -0.306 e. The molecule has 0 aliphatic rings. The molecule has 1 atom stereocenters. The maximum Gasteiger partial charge on any atom is 0.164 e. The van der Waals surface area contributed by atoms with Crippen LogP contribution in [-0.2, 0) is 6.42 Å². The van der Waals surface area contributed by atoms with Crippen molar-refractivity contribution in [3.05, 3.63) is 70.3 Å². The molecule has 21 heavy (non-hydrogen) atoms. The van der Waals surface area contributed by atoms with Gasteiger partial charge in [0.05, 0.1) is 6.04 Å². The van der Waals surface area contributed by atoms with Gasteiger partial charge in [-0.1, -0.05) is 50.2 Å². The van der Waals surface area contributed by atoms with Crippen LogP contribution in [0.3, 0.4) is 0 Å². The fourth-order valence-electron chi connectivity index (χ4n) is 2.61. The molecule has 0 aromatic heterocycles. The molecule has 0 aliphatic carbocycles. The first kappa shape index (κ1) is 15.6. The molecule has 2 aromatic rings. The molecule has 0 radical (unpaired) electrons. The lowest BCUT2D eigenvalue weighted by molar-refractivity contribution is 0.478. The lowest BCUT2D eigenvalue weighted by Crippen LogP contribution is -2.24. The summed E-state index contributed by atoms with van der Waals surface area (Å²) in [6.07, 6.45) is 0.855. The third-order valence-electron chi connectivity index (χ3n) is 3.77. The number of benzene rings is 2. The van der Waals surface area contributed by atoms with E-state index >= 15 is 0 Å². The van der Waals surface area contributed by atoms with Gasteiger partial charge in [-0.15, -0.1) is 0 Å². The van der Waals surface area contributed by atoms with Gasteiger partial charge in [-0.05, 0) is 36.6 Å². The zero-order valence-electron chi connectivity index (χ0n) is 12.7. The molecule has 112 valence electrons. The molecule has 0 saturated carbocycles. The number of hydrogen-bond donors (Lipinski definition) is 1. The summed E-state index contributed by atoms with van der Waals surface area (Å²) in [7, 11) is 0. The molecule has 0 spiro atoms. The summed E-state index contributed by atoms with van der Waals surface area (Å²) in [6.45, 7) is 6.28. The Kier molecular flexibility index (Phi) is 5.07. The van der Waals surface area contributed by atoms with Gasteiger partial charge in [0.15, 0.2) is 11.6 Å². The Hall–Kier alpha value is -1.74. The minimum atomic E-state index is -0.760. The largest absolute Gasteiger partial charge is 0.306 e. The third kappa shape index (κ3) is 3.13. The van der Waals surface area contributed by atoms with Gasteiger partial charge in [-0.25, -0.2) is 8.78 Å². The predicted molar refractivity (Wildman–Crippen MR) is 82.4 cm³/mol. The highest BCUT2D eigenvalue weighted by Crippen LogP contribution is 2.29. The van der Waals surface area contributed by atoms with E-state index in [2.05, 4.69) is 12.2 Å². The fraction of sp³-hybridized carbons (Fsp3) is 0.333. The minimum absolute atomic E-state index is 0.329. The molecule has 0 amide bonds. The van der Waals surface area contributed by atoms with Crippen LogP contribution in [0.1, 0.15) is 42.1 Å². The molecule has 1 nitrogen and oxygen atoms in total. The van der Waals surface area contributed by atoms with Gasteiger partial charge in [0.1, 0.15) is 0 Å². The summed E-state index contributed by atoms with van der Waals surface area (Å²) in [5.41, 5.74) is 2.84. The smallest absolute Gasteiger partial charge is 0.164 e. The van der Waals surface area contributed by atoms with Crippen LogP contribution in [0.15, 0.2) is 36.4 Å². The molecule has 0 saturated heterocycles. The highest BCUT2D eigenvalue weighted by molar-refractivity contribution is 5.39. The Morgan fingerprint density at radius 2 is 1.67 bits per heavy atom. The maximum absolute atomic E-state index is 14.3. The molecular weight excluding hydrogens is 268 g/mol. The van der Waals surface area contributed by atoms with Crippen LogP contribution in [0.5, 0.6) is 0 Å². The van der Waals surface area contributed by atoms with E-state index in [1.807, 2.05) is 31.2 Å². The van der Waals surface area contributed by atoms with Crippen molar-refractivity contribution in [1.82, 2.24) is 5.32 Å². The third-order valence-corrected chi connectivity index (χ3v) is 3.77. The normalized spacial score (nSPS) is 12.4. The SMILES string of the molecule is CCNC(c1ccccc1CC)c1ccc(C)c(F)c1F. The highest BCUT2D eigenvalue weighted by Gasteiger charge is 2.22. The van der Waals surface area contributed by atoms with Crippen LogP contribution < -0.4 is 5.32 Å². The number of nitrogens with one attached hydrogen (secondary N) is 1. The van der Waals surface area contributed by atoms with Crippen molar-refractivity contribution in [2.45, 2.75) is 33.2 Å². The van der Waals surface area contributed by atoms with Crippen LogP contribution in [0.2, 0.25) is 0 Å². The first-order chi connectivity index (χ1) is 10.1. The topological polar surface area (TPSA) is 12.0 Å². The van der Waals surface area contributed by atoms with E-state index in [1.165, 1.54) is 0 Å². The van der Waals surface area contributed by atoms with Crippen LogP contribution in [0.4, 0.5) is 8.78 Å². The average Bonchev–Trinajstić information content (AvgIpc) is 2.51. The standard InChI is InChI=1S/C18H21F2N/c1-4-13-8-6-7-9-14(13)18(21-5-2)15-11-10-12(3)16(19)17(15)20/h6-11,18,21H,4-5H2,1-3H3. The van der Waals surface area contributed by atoms with Crippen molar-refractivity contribution in [2.75, 3.05) is 6.54 Å². The van der Waals surface area contributed by atoms with Gasteiger partial charge >= 0.3 is 0 Å². The van der Waals surface area contributed by atoms with Crippen molar-refractivity contribution in [3.63, 3.8) is 0 Å². The summed E-state index contributed by atoms with van der Waals surface area (Å²) >= 11 is 0. The zero-order valence-corrected chi connectivity index (χ0v) is 12.7. The summed E-state index contributed by atoms with van der Waals surface area (Å²) in [5, 5.41) is 3.27. The van der Waals surface area contributed by atoms with E-state index in [0.29, 0.717) is 17.7 Å². The Morgan fingerprint density at radius 1 is 0.952 bits per heavy atom. The van der Waals surface area contributed by atoms with Crippen molar-refractivity contribution in [3.8, 4) is 0 Å². The molecule has 2 rings (SSSR count). The quantitative estimate of drug-likeness (QED) is 0.852. The second-order valence-corrected chi connectivity index (χ2v) is 5.14. The van der Waals surface area contributed by atoms with Crippen molar-refractivity contribution in [1.29, 1.82) is 0 Å².